The van der Waals surface area contributed by atoms with Gasteiger partial charge in [-0.3, -0.25) is 4.79 Å². The molecule has 0 aromatic carbocycles. The van der Waals surface area contributed by atoms with Crippen molar-refractivity contribution in [3.8, 4) is 0 Å². The van der Waals surface area contributed by atoms with Crippen molar-refractivity contribution in [2.24, 2.45) is 5.92 Å². The largest absolute Gasteiger partial charge is 0.467 e. The van der Waals surface area contributed by atoms with Crippen LogP contribution in [0.2, 0.25) is 0 Å². The number of rotatable bonds is 4. The molecule has 1 N–H and O–H groups in total. The van der Waals surface area contributed by atoms with Gasteiger partial charge in [-0.1, -0.05) is 25.0 Å². The van der Waals surface area contributed by atoms with Gasteiger partial charge in [-0.2, -0.15) is 0 Å². The molecule has 0 heterocycles. The van der Waals surface area contributed by atoms with Crippen LogP contribution in [0.25, 0.3) is 0 Å². The van der Waals surface area contributed by atoms with E-state index in [1.165, 1.54) is 7.11 Å². The summed E-state index contributed by atoms with van der Waals surface area (Å²) in [5, 5.41) is 2.92. The van der Waals surface area contributed by atoms with Gasteiger partial charge in [0, 0.05) is 6.42 Å². The van der Waals surface area contributed by atoms with Gasteiger partial charge in [0.05, 0.1) is 7.11 Å². The molecule has 0 saturated heterocycles. The molecule has 2 rings (SSSR count). The average molecular weight is 251 g/mol. The molecule has 4 nitrogen and oxygen atoms in total. The van der Waals surface area contributed by atoms with Gasteiger partial charge < -0.3 is 10.1 Å². The lowest BCUT2D eigenvalue weighted by atomic mass is 9.96. The van der Waals surface area contributed by atoms with Gasteiger partial charge in [-0.15, -0.1) is 0 Å². The maximum absolute atomic E-state index is 12.0. The predicted octanol–water partition coefficient (Wildman–Crippen LogP) is 1.94. The topological polar surface area (TPSA) is 55.4 Å². The molecule has 0 radical (unpaired) electrons. The van der Waals surface area contributed by atoms with Crippen LogP contribution in [0.4, 0.5) is 0 Å². The molecule has 0 bridgehead atoms. The zero-order chi connectivity index (χ0) is 13.0. The molecule has 1 fully saturated rings. The number of amides is 1. The van der Waals surface area contributed by atoms with Gasteiger partial charge in [-0.25, -0.2) is 4.79 Å². The van der Waals surface area contributed by atoms with E-state index in [9.17, 15) is 9.59 Å². The Morgan fingerprint density at radius 3 is 2.67 bits per heavy atom. The number of carbonyl (C=O) groups excluding carboxylic acids is 2. The average Bonchev–Trinajstić information content (AvgIpc) is 3.00. The number of ether oxygens (including phenoxy) is 1. The summed E-state index contributed by atoms with van der Waals surface area (Å²) in [4.78, 5) is 23.9. The van der Waals surface area contributed by atoms with Crippen molar-refractivity contribution in [1.29, 1.82) is 0 Å². The number of carbonyl (C=O) groups is 2. The number of hydrogen-bond donors (Lipinski definition) is 1. The summed E-state index contributed by atoms with van der Waals surface area (Å²) in [6.07, 6.45) is 10.1. The third-order valence-electron chi connectivity index (χ3n) is 3.97. The van der Waals surface area contributed by atoms with Crippen LogP contribution in [0, 0.1) is 5.92 Å². The number of hydrogen-bond acceptors (Lipinski definition) is 3. The monoisotopic (exact) mass is 251 g/mol. The maximum atomic E-state index is 12.0. The summed E-state index contributed by atoms with van der Waals surface area (Å²) >= 11 is 0. The first-order valence-corrected chi connectivity index (χ1v) is 6.72. The highest BCUT2D eigenvalue weighted by atomic mass is 16.5. The molecule has 18 heavy (non-hydrogen) atoms. The van der Waals surface area contributed by atoms with Crippen LogP contribution in [-0.4, -0.2) is 24.5 Å². The molecule has 0 aromatic heterocycles. The first-order chi connectivity index (χ1) is 8.66. The van der Waals surface area contributed by atoms with E-state index in [-0.39, 0.29) is 11.9 Å². The fourth-order valence-corrected chi connectivity index (χ4v) is 2.98. The van der Waals surface area contributed by atoms with Crippen molar-refractivity contribution in [2.75, 3.05) is 7.11 Å². The van der Waals surface area contributed by atoms with Crippen LogP contribution in [-0.2, 0) is 14.3 Å². The number of allylic oxidation sites excluding steroid dienone is 2. The van der Waals surface area contributed by atoms with Gasteiger partial charge in [0.2, 0.25) is 5.91 Å². The van der Waals surface area contributed by atoms with E-state index >= 15 is 0 Å². The molecule has 1 unspecified atom stereocenters. The molecular weight excluding hydrogens is 230 g/mol. The van der Waals surface area contributed by atoms with Gasteiger partial charge >= 0.3 is 5.97 Å². The minimum Gasteiger partial charge on any atom is -0.467 e. The Hall–Kier alpha value is -1.32. The van der Waals surface area contributed by atoms with E-state index in [0.29, 0.717) is 25.2 Å². The fraction of sp³-hybridized carbons (Fsp3) is 0.714. The second-order valence-corrected chi connectivity index (χ2v) is 5.30. The van der Waals surface area contributed by atoms with Crippen LogP contribution >= 0.6 is 0 Å². The molecule has 1 atom stereocenters. The second-order valence-electron chi connectivity index (χ2n) is 5.30. The van der Waals surface area contributed by atoms with Crippen molar-refractivity contribution in [2.45, 2.75) is 50.5 Å². The Balaban J connectivity index is 1.94. The molecule has 0 aliphatic heterocycles. The summed E-state index contributed by atoms with van der Waals surface area (Å²) in [6.45, 7) is 0. The molecule has 1 amide bonds. The van der Waals surface area contributed by atoms with Gasteiger partial charge in [0.1, 0.15) is 5.54 Å². The lowest BCUT2D eigenvalue weighted by Gasteiger charge is -2.27. The van der Waals surface area contributed by atoms with Crippen LogP contribution in [0.5, 0.6) is 0 Å². The SMILES string of the molecule is COC(=O)C1(NC(=O)CC2C=CCC2)CCCC1. The van der Waals surface area contributed by atoms with Crippen molar-refractivity contribution in [3.05, 3.63) is 12.2 Å². The van der Waals surface area contributed by atoms with Crippen molar-refractivity contribution in [1.82, 2.24) is 5.32 Å². The van der Waals surface area contributed by atoms with E-state index in [1.807, 2.05) is 0 Å². The third-order valence-corrected chi connectivity index (χ3v) is 3.97. The van der Waals surface area contributed by atoms with E-state index < -0.39 is 5.54 Å². The van der Waals surface area contributed by atoms with Gasteiger partial charge in [0.25, 0.3) is 0 Å². The molecule has 100 valence electrons. The standard InChI is InChI=1S/C14H21NO3/c1-18-13(17)14(8-4-5-9-14)15-12(16)10-11-6-2-3-7-11/h2,6,11H,3-5,7-10H2,1H3,(H,15,16). The fourth-order valence-electron chi connectivity index (χ4n) is 2.98. The molecule has 2 aliphatic rings. The van der Waals surface area contributed by atoms with Gasteiger partial charge in [0.15, 0.2) is 0 Å². The molecule has 4 heteroatoms. The Bertz CT molecular complexity index is 356. The number of methoxy groups -OCH3 is 1. The van der Waals surface area contributed by atoms with Crippen LogP contribution in [0.15, 0.2) is 12.2 Å². The summed E-state index contributed by atoms with van der Waals surface area (Å²) in [6, 6.07) is 0. The quantitative estimate of drug-likeness (QED) is 0.613. The van der Waals surface area contributed by atoms with E-state index in [2.05, 4.69) is 17.5 Å². The van der Waals surface area contributed by atoms with E-state index in [1.54, 1.807) is 0 Å². The predicted molar refractivity (Wildman–Crippen MR) is 67.8 cm³/mol. The minimum absolute atomic E-state index is 0.0288. The molecule has 0 spiro atoms. The van der Waals surface area contributed by atoms with E-state index in [0.717, 1.165) is 25.7 Å². The number of nitrogens with one attached hydrogen (secondary N) is 1. The van der Waals surface area contributed by atoms with Crippen LogP contribution in [0.1, 0.15) is 44.9 Å². The Morgan fingerprint density at radius 1 is 1.39 bits per heavy atom. The van der Waals surface area contributed by atoms with Crippen molar-refractivity contribution >= 4 is 11.9 Å². The maximum Gasteiger partial charge on any atom is 0.331 e. The van der Waals surface area contributed by atoms with Crippen molar-refractivity contribution < 1.29 is 14.3 Å². The lowest BCUT2D eigenvalue weighted by molar-refractivity contribution is -0.150. The Labute approximate surface area is 108 Å². The Morgan fingerprint density at radius 2 is 2.11 bits per heavy atom. The highest BCUT2D eigenvalue weighted by molar-refractivity contribution is 5.88. The molecular formula is C14H21NO3. The molecule has 2 aliphatic carbocycles. The second kappa shape index (κ2) is 5.55. The third kappa shape index (κ3) is 2.74. The Kier molecular flexibility index (Phi) is 4.04. The molecule has 0 aromatic rings. The van der Waals surface area contributed by atoms with Crippen LogP contribution < -0.4 is 5.32 Å². The zero-order valence-corrected chi connectivity index (χ0v) is 10.9. The first-order valence-electron chi connectivity index (χ1n) is 6.72. The molecule has 1 saturated carbocycles. The zero-order valence-electron chi connectivity index (χ0n) is 10.9. The van der Waals surface area contributed by atoms with Crippen molar-refractivity contribution in [3.63, 3.8) is 0 Å². The summed E-state index contributed by atoms with van der Waals surface area (Å²) in [5.41, 5.74) is -0.756. The van der Waals surface area contributed by atoms with E-state index in [4.69, 9.17) is 4.74 Å². The van der Waals surface area contributed by atoms with Gasteiger partial charge in [-0.05, 0) is 31.6 Å². The summed E-state index contributed by atoms with van der Waals surface area (Å²) in [7, 11) is 1.38. The lowest BCUT2D eigenvalue weighted by Crippen LogP contribution is -2.53. The van der Waals surface area contributed by atoms with Crippen LogP contribution in [0.3, 0.4) is 0 Å². The smallest absolute Gasteiger partial charge is 0.331 e. The summed E-state index contributed by atoms with van der Waals surface area (Å²) < 4.78 is 4.84. The highest BCUT2D eigenvalue weighted by Crippen LogP contribution is 2.31. The normalized spacial score (nSPS) is 25.1. The summed E-state index contributed by atoms with van der Waals surface area (Å²) in [5.74, 6) is 0.00950. The number of esters is 1. The first kappa shape index (κ1) is 13.1. The highest BCUT2D eigenvalue weighted by Gasteiger charge is 2.43. The minimum atomic E-state index is -0.756.